The molecule has 0 aliphatic carbocycles. The molecule has 3 rings (SSSR count). The van der Waals surface area contributed by atoms with Crippen LogP contribution in [0.25, 0.3) is 10.9 Å². The minimum atomic E-state index is -0.603. The third kappa shape index (κ3) is 1.92. The van der Waals surface area contributed by atoms with Gasteiger partial charge in [-0.05, 0) is 30.0 Å². The lowest BCUT2D eigenvalue weighted by molar-refractivity contribution is 0.222. The predicted molar refractivity (Wildman–Crippen MR) is 74.9 cm³/mol. The van der Waals surface area contributed by atoms with Gasteiger partial charge in [-0.1, -0.05) is 24.3 Å². The summed E-state index contributed by atoms with van der Waals surface area (Å²) in [4.78, 5) is 5.58. The summed E-state index contributed by atoms with van der Waals surface area (Å²) in [6.07, 6.45) is 1.16. The maximum Gasteiger partial charge on any atom is 0.107 e. The van der Waals surface area contributed by atoms with E-state index >= 15 is 0 Å². The number of aromatic nitrogens is 1. The highest BCUT2D eigenvalue weighted by atomic mass is 32.1. The summed E-state index contributed by atoms with van der Waals surface area (Å²) in [6.45, 7) is 2.04. The van der Waals surface area contributed by atoms with Gasteiger partial charge in [-0.25, -0.2) is 0 Å². The Labute approximate surface area is 110 Å². The Morgan fingerprint density at radius 3 is 2.83 bits per heavy atom. The lowest BCUT2D eigenvalue weighted by Crippen LogP contribution is -1.99. The minimum absolute atomic E-state index is 0.603. The van der Waals surface area contributed by atoms with Crippen molar-refractivity contribution in [1.29, 1.82) is 0 Å². The molecule has 0 radical (unpaired) electrons. The zero-order valence-corrected chi connectivity index (χ0v) is 10.8. The maximum absolute atomic E-state index is 10.5. The molecule has 2 nitrogen and oxygen atoms in total. The van der Waals surface area contributed by atoms with Crippen molar-refractivity contribution >= 4 is 22.2 Å². The van der Waals surface area contributed by atoms with Crippen LogP contribution in [0.2, 0.25) is 0 Å². The average Bonchev–Trinajstić information content (AvgIpc) is 2.84. The summed E-state index contributed by atoms with van der Waals surface area (Å²) in [5.74, 6) is 0. The summed E-state index contributed by atoms with van der Waals surface area (Å²) in [6, 6.07) is 11.9. The third-order valence-electron chi connectivity index (χ3n) is 3.03. The monoisotopic (exact) mass is 255 g/mol. The van der Waals surface area contributed by atoms with Gasteiger partial charge < -0.3 is 5.11 Å². The van der Waals surface area contributed by atoms with Gasteiger partial charge in [-0.2, -0.15) is 0 Å². The van der Waals surface area contributed by atoms with E-state index in [1.165, 1.54) is 4.88 Å². The van der Waals surface area contributed by atoms with Crippen LogP contribution in [0.1, 0.15) is 22.1 Å². The SMILES string of the molecule is Cc1cc(C(O)c2cccc3cccnc23)cs1. The molecule has 0 fully saturated rings. The fourth-order valence-corrected chi connectivity index (χ4v) is 2.86. The van der Waals surface area contributed by atoms with Crippen LogP contribution in [0.4, 0.5) is 0 Å². The first-order valence-electron chi connectivity index (χ1n) is 5.82. The summed E-state index contributed by atoms with van der Waals surface area (Å²) in [5.41, 5.74) is 2.68. The highest BCUT2D eigenvalue weighted by molar-refractivity contribution is 7.10. The van der Waals surface area contributed by atoms with Crippen LogP contribution in [0.3, 0.4) is 0 Å². The molecule has 18 heavy (non-hydrogen) atoms. The van der Waals surface area contributed by atoms with E-state index in [1.807, 2.05) is 48.7 Å². The number of fused-ring (bicyclic) bond motifs is 1. The van der Waals surface area contributed by atoms with E-state index in [-0.39, 0.29) is 0 Å². The van der Waals surface area contributed by atoms with Gasteiger partial charge in [0.1, 0.15) is 6.10 Å². The van der Waals surface area contributed by atoms with E-state index in [0.717, 1.165) is 22.0 Å². The van der Waals surface area contributed by atoms with Gasteiger partial charge in [0.25, 0.3) is 0 Å². The number of nitrogens with zero attached hydrogens (tertiary/aromatic N) is 1. The first kappa shape index (κ1) is 11.4. The number of aryl methyl sites for hydroxylation is 1. The molecule has 3 heteroatoms. The second kappa shape index (κ2) is 4.52. The Bertz CT molecular complexity index is 684. The lowest BCUT2D eigenvalue weighted by atomic mass is 10.0. The molecule has 1 aromatic carbocycles. The number of thiophene rings is 1. The van der Waals surface area contributed by atoms with Crippen LogP contribution in [0, 0.1) is 6.92 Å². The molecule has 0 saturated heterocycles. The van der Waals surface area contributed by atoms with E-state index in [1.54, 1.807) is 17.5 Å². The Morgan fingerprint density at radius 1 is 1.22 bits per heavy atom. The second-order valence-electron chi connectivity index (χ2n) is 4.32. The molecule has 0 aliphatic heterocycles. The number of aliphatic hydroxyl groups excluding tert-OH is 1. The fraction of sp³-hybridized carbons (Fsp3) is 0.133. The van der Waals surface area contributed by atoms with Crippen molar-refractivity contribution in [2.45, 2.75) is 13.0 Å². The molecule has 0 aliphatic rings. The van der Waals surface area contributed by atoms with Crippen LogP contribution in [-0.4, -0.2) is 10.1 Å². The van der Waals surface area contributed by atoms with Gasteiger partial charge in [0.2, 0.25) is 0 Å². The molecule has 0 amide bonds. The molecule has 0 bridgehead atoms. The highest BCUT2D eigenvalue weighted by Crippen LogP contribution is 2.29. The van der Waals surface area contributed by atoms with Crippen molar-refractivity contribution in [1.82, 2.24) is 4.98 Å². The lowest BCUT2D eigenvalue weighted by Gasteiger charge is -2.11. The predicted octanol–water partition coefficient (Wildman–Crippen LogP) is 3.69. The molecule has 0 spiro atoms. The van der Waals surface area contributed by atoms with Crippen LogP contribution in [-0.2, 0) is 0 Å². The summed E-state index contributed by atoms with van der Waals surface area (Å²) < 4.78 is 0. The van der Waals surface area contributed by atoms with Crippen LogP contribution >= 0.6 is 11.3 Å². The number of hydrogen-bond donors (Lipinski definition) is 1. The van der Waals surface area contributed by atoms with E-state index in [0.29, 0.717) is 0 Å². The van der Waals surface area contributed by atoms with Gasteiger partial charge >= 0.3 is 0 Å². The van der Waals surface area contributed by atoms with E-state index < -0.39 is 6.10 Å². The van der Waals surface area contributed by atoms with Crippen molar-refractivity contribution < 1.29 is 5.11 Å². The Balaban J connectivity index is 2.14. The Hall–Kier alpha value is -1.71. The molecular formula is C15H13NOS. The van der Waals surface area contributed by atoms with E-state index in [4.69, 9.17) is 0 Å². The van der Waals surface area contributed by atoms with Crippen molar-refractivity contribution in [2.24, 2.45) is 0 Å². The zero-order chi connectivity index (χ0) is 12.5. The summed E-state index contributed by atoms with van der Waals surface area (Å²) >= 11 is 1.65. The largest absolute Gasteiger partial charge is 0.384 e. The summed E-state index contributed by atoms with van der Waals surface area (Å²) in [5, 5.41) is 13.5. The van der Waals surface area contributed by atoms with Crippen LogP contribution in [0.5, 0.6) is 0 Å². The molecular weight excluding hydrogens is 242 g/mol. The fourth-order valence-electron chi connectivity index (χ4n) is 2.14. The van der Waals surface area contributed by atoms with Gasteiger partial charge in [0.15, 0.2) is 0 Å². The standard InChI is InChI=1S/C15H13NOS/c1-10-8-12(9-18-10)15(17)13-6-2-4-11-5-3-7-16-14(11)13/h2-9,15,17H,1H3. The van der Waals surface area contributed by atoms with Crippen LogP contribution < -0.4 is 0 Å². The highest BCUT2D eigenvalue weighted by Gasteiger charge is 2.15. The number of pyridine rings is 1. The third-order valence-corrected chi connectivity index (χ3v) is 3.90. The number of benzene rings is 1. The van der Waals surface area contributed by atoms with Crippen molar-refractivity contribution in [2.75, 3.05) is 0 Å². The molecule has 2 heterocycles. The van der Waals surface area contributed by atoms with Crippen molar-refractivity contribution in [3.8, 4) is 0 Å². The van der Waals surface area contributed by atoms with Crippen molar-refractivity contribution in [3.63, 3.8) is 0 Å². The second-order valence-corrected chi connectivity index (χ2v) is 5.43. The van der Waals surface area contributed by atoms with Gasteiger partial charge in [0.05, 0.1) is 5.52 Å². The number of para-hydroxylation sites is 1. The molecule has 3 aromatic rings. The van der Waals surface area contributed by atoms with Gasteiger partial charge in [-0.3, -0.25) is 4.98 Å². The van der Waals surface area contributed by atoms with E-state index in [2.05, 4.69) is 4.98 Å². The molecule has 2 aromatic heterocycles. The molecule has 1 N–H and O–H groups in total. The Morgan fingerprint density at radius 2 is 2.06 bits per heavy atom. The van der Waals surface area contributed by atoms with Crippen molar-refractivity contribution in [3.05, 3.63) is 64.0 Å². The normalized spacial score (nSPS) is 12.8. The molecule has 1 unspecified atom stereocenters. The zero-order valence-electron chi connectivity index (χ0n) is 10.00. The first-order valence-corrected chi connectivity index (χ1v) is 6.70. The first-order chi connectivity index (χ1) is 8.75. The minimum Gasteiger partial charge on any atom is -0.384 e. The number of aliphatic hydroxyl groups is 1. The maximum atomic E-state index is 10.5. The summed E-state index contributed by atoms with van der Waals surface area (Å²) in [7, 11) is 0. The molecule has 1 atom stereocenters. The van der Waals surface area contributed by atoms with Crippen LogP contribution in [0.15, 0.2) is 48.0 Å². The smallest absolute Gasteiger partial charge is 0.107 e. The van der Waals surface area contributed by atoms with E-state index in [9.17, 15) is 5.11 Å². The topological polar surface area (TPSA) is 33.1 Å². The average molecular weight is 255 g/mol. The quantitative estimate of drug-likeness (QED) is 0.757. The van der Waals surface area contributed by atoms with Gasteiger partial charge in [-0.15, -0.1) is 11.3 Å². The number of hydrogen-bond acceptors (Lipinski definition) is 3. The van der Waals surface area contributed by atoms with Gasteiger partial charge in [0, 0.05) is 22.0 Å². The molecule has 90 valence electrons. The number of rotatable bonds is 2. The Kier molecular flexibility index (Phi) is 2.86. The molecule has 0 saturated carbocycles.